The summed E-state index contributed by atoms with van der Waals surface area (Å²) in [6.07, 6.45) is 2.56. The van der Waals surface area contributed by atoms with Crippen LogP contribution in [0.1, 0.15) is 24.8 Å². The first-order chi connectivity index (χ1) is 13.9. The first kappa shape index (κ1) is 22.5. The molecule has 1 fully saturated rings. The van der Waals surface area contributed by atoms with Gasteiger partial charge >= 0.3 is 0 Å². The highest BCUT2D eigenvalue weighted by Crippen LogP contribution is 2.20. The van der Waals surface area contributed by atoms with Crippen molar-refractivity contribution >= 4 is 17.8 Å². The summed E-state index contributed by atoms with van der Waals surface area (Å²) in [6, 6.07) is 7.70. The molecular formula is C21H33N5O3. The second-order valence-corrected chi connectivity index (χ2v) is 7.43. The van der Waals surface area contributed by atoms with E-state index in [1.54, 1.807) is 28.2 Å². The van der Waals surface area contributed by atoms with Crippen LogP contribution < -0.4 is 15.4 Å². The monoisotopic (exact) mass is 403 g/mol. The van der Waals surface area contributed by atoms with Crippen molar-refractivity contribution in [3.05, 3.63) is 29.8 Å². The van der Waals surface area contributed by atoms with Crippen LogP contribution in [-0.2, 0) is 16.1 Å². The number of benzene rings is 1. The topological polar surface area (TPSA) is 86.3 Å². The summed E-state index contributed by atoms with van der Waals surface area (Å²) in [6.45, 7) is 2.41. The van der Waals surface area contributed by atoms with E-state index in [1.165, 1.54) is 4.90 Å². The van der Waals surface area contributed by atoms with E-state index in [0.717, 1.165) is 37.5 Å². The van der Waals surface area contributed by atoms with E-state index in [9.17, 15) is 9.59 Å². The minimum atomic E-state index is -0.0752. The molecule has 1 aliphatic heterocycles. The Labute approximate surface area is 173 Å². The molecule has 2 rings (SSSR count). The van der Waals surface area contributed by atoms with Crippen LogP contribution in [0, 0.1) is 5.92 Å². The van der Waals surface area contributed by atoms with Crippen molar-refractivity contribution in [2.75, 3.05) is 47.9 Å². The molecule has 0 aromatic heterocycles. The van der Waals surface area contributed by atoms with Gasteiger partial charge in [0, 0.05) is 54.2 Å². The van der Waals surface area contributed by atoms with Gasteiger partial charge in [0.25, 0.3) is 5.91 Å². The fraction of sp³-hybridized carbons (Fsp3) is 0.571. The molecule has 2 amide bonds. The number of likely N-dealkylation sites (N-methyl/N-ethyl adjacent to an activating group) is 1. The molecule has 0 radical (unpaired) electrons. The van der Waals surface area contributed by atoms with E-state index in [0.29, 0.717) is 24.6 Å². The zero-order chi connectivity index (χ0) is 21.2. The Morgan fingerprint density at radius 2 is 2.00 bits per heavy atom. The first-order valence-electron chi connectivity index (χ1n) is 10.0. The predicted molar refractivity (Wildman–Crippen MR) is 114 cm³/mol. The number of carbonyl (C=O) groups is 2. The van der Waals surface area contributed by atoms with Crippen LogP contribution in [0.3, 0.4) is 0 Å². The van der Waals surface area contributed by atoms with Crippen LogP contribution >= 0.6 is 0 Å². The molecule has 0 bridgehead atoms. The number of piperidine rings is 1. The number of nitrogens with one attached hydrogen (secondary N) is 2. The number of hydrogen-bond acceptors (Lipinski definition) is 4. The van der Waals surface area contributed by atoms with E-state index in [4.69, 9.17) is 4.74 Å². The SMILES string of the molecule is CN=C(NCc1cccc(OCC(=O)N(C)C)c1)N1CCC(CC(=O)NC)CC1. The maximum atomic E-state index is 11.7. The van der Waals surface area contributed by atoms with Crippen molar-refractivity contribution in [1.29, 1.82) is 0 Å². The maximum Gasteiger partial charge on any atom is 0.259 e. The fourth-order valence-electron chi connectivity index (χ4n) is 3.25. The summed E-state index contributed by atoms with van der Waals surface area (Å²) in [5.74, 6) is 2.00. The third kappa shape index (κ3) is 7.29. The number of likely N-dealkylation sites (tertiary alicyclic amines) is 1. The van der Waals surface area contributed by atoms with Crippen LogP contribution in [0.25, 0.3) is 0 Å². The molecule has 0 spiro atoms. The first-order valence-corrected chi connectivity index (χ1v) is 10.0. The Kier molecular flexibility index (Phi) is 8.76. The highest BCUT2D eigenvalue weighted by molar-refractivity contribution is 5.80. The summed E-state index contributed by atoms with van der Waals surface area (Å²) in [5, 5.41) is 6.10. The molecule has 29 heavy (non-hydrogen) atoms. The van der Waals surface area contributed by atoms with Crippen molar-refractivity contribution in [3.63, 3.8) is 0 Å². The summed E-state index contributed by atoms with van der Waals surface area (Å²) in [5.41, 5.74) is 1.05. The van der Waals surface area contributed by atoms with Crippen LogP contribution in [0.4, 0.5) is 0 Å². The van der Waals surface area contributed by atoms with E-state index < -0.39 is 0 Å². The smallest absolute Gasteiger partial charge is 0.259 e. The molecule has 0 atom stereocenters. The van der Waals surface area contributed by atoms with Crippen molar-refractivity contribution < 1.29 is 14.3 Å². The normalized spacial score (nSPS) is 15.0. The summed E-state index contributed by atoms with van der Waals surface area (Å²) in [4.78, 5) is 31.4. The molecule has 160 valence electrons. The van der Waals surface area contributed by atoms with Gasteiger partial charge in [-0.25, -0.2) is 0 Å². The molecule has 0 aliphatic carbocycles. The molecular weight excluding hydrogens is 370 g/mol. The number of carbonyl (C=O) groups excluding carboxylic acids is 2. The standard InChI is InChI=1S/C21H33N5O3/c1-22-19(27)13-16-8-10-26(11-9-16)21(23-2)24-14-17-6-5-7-18(12-17)29-15-20(28)25(3)4/h5-7,12,16H,8-11,13-15H2,1-4H3,(H,22,27)(H,23,24). The molecule has 2 N–H and O–H groups in total. The Hall–Kier alpha value is -2.77. The molecule has 1 aromatic rings. The lowest BCUT2D eigenvalue weighted by Crippen LogP contribution is -2.45. The third-order valence-corrected chi connectivity index (χ3v) is 5.09. The molecule has 8 nitrogen and oxygen atoms in total. The average Bonchev–Trinajstić information content (AvgIpc) is 2.73. The van der Waals surface area contributed by atoms with Crippen molar-refractivity contribution in [2.45, 2.75) is 25.8 Å². The van der Waals surface area contributed by atoms with Crippen molar-refractivity contribution in [2.24, 2.45) is 10.9 Å². The summed E-state index contributed by atoms with van der Waals surface area (Å²) >= 11 is 0. The highest BCUT2D eigenvalue weighted by Gasteiger charge is 2.23. The molecule has 8 heteroatoms. The largest absolute Gasteiger partial charge is 0.484 e. The van der Waals surface area contributed by atoms with E-state index >= 15 is 0 Å². The number of aliphatic imine (C=N–C) groups is 1. The van der Waals surface area contributed by atoms with Gasteiger partial charge in [0.15, 0.2) is 12.6 Å². The van der Waals surface area contributed by atoms with Gasteiger partial charge in [0.05, 0.1) is 0 Å². The quantitative estimate of drug-likeness (QED) is 0.526. The van der Waals surface area contributed by atoms with Crippen LogP contribution in [0.5, 0.6) is 5.75 Å². The summed E-state index contributed by atoms with van der Waals surface area (Å²) < 4.78 is 5.58. The fourth-order valence-corrected chi connectivity index (χ4v) is 3.25. The van der Waals surface area contributed by atoms with Gasteiger partial charge in [-0.15, -0.1) is 0 Å². The Morgan fingerprint density at radius 1 is 1.28 bits per heavy atom. The number of nitrogens with zero attached hydrogens (tertiary/aromatic N) is 3. The predicted octanol–water partition coefficient (Wildman–Crippen LogP) is 1.08. The Morgan fingerprint density at radius 3 is 2.62 bits per heavy atom. The van der Waals surface area contributed by atoms with Crippen LogP contribution in [0.2, 0.25) is 0 Å². The van der Waals surface area contributed by atoms with Gasteiger partial charge in [-0.2, -0.15) is 0 Å². The third-order valence-electron chi connectivity index (χ3n) is 5.09. The zero-order valence-electron chi connectivity index (χ0n) is 17.9. The number of rotatable bonds is 7. The Balaban J connectivity index is 1.83. The number of ether oxygens (including phenoxy) is 1. The molecule has 0 saturated carbocycles. The lowest BCUT2D eigenvalue weighted by Gasteiger charge is -2.34. The number of amides is 2. The lowest BCUT2D eigenvalue weighted by atomic mass is 9.93. The van der Waals surface area contributed by atoms with Gasteiger partial charge in [-0.1, -0.05) is 12.1 Å². The van der Waals surface area contributed by atoms with Crippen molar-refractivity contribution in [1.82, 2.24) is 20.4 Å². The maximum absolute atomic E-state index is 11.7. The van der Waals surface area contributed by atoms with E-state index in [-0.39, 0.29) is 18.4 Å². The van der Waals surface area contributed by atoms with Gasteiger partial charge < -0.3 is 25.2 Å². The van der Waals surface area contributed by atoms with Gasteiger partial charge in [-0.05, 0) is 36.5 Å². The van der Waals surface area contributed by atoms with Crippen LogP contribution in [0.15, 0.2) is 29.3 Å². The van der Waals surface area contributed by atoms with Crippen LogP contribution in [-0.4, -0.2) is 75.5 Å². The zero-order valence-corrected chi connectivity index (χ0v) is 17.9. The number of hydrogen-bond donors (Lipinski definition) is 2. The molecule has 1 aromatic carbocycles. The van der Waals surface area contributed by atoms with Gasteiger partial charge in [-0.3, -0.25) is 14.6 Å². The number of guanidine groups is 1. The minimum Gasteiger partial charge on any atom is -0.484 e. The summed E-state index contributed by atoms with van der Waals surface area (Å²) in [7, 11) is 6.88. The molecule has 1 heterocycles. The lowest BCUT2D eigenvalue weighted by molar-refractivity contribution is -0.130. The minimum absolute atomic E-state index is 0.0244. The van der Waals surface area contributed by atoms with E-state index in [2.05, 4.69) is 20.5 Å². The second kappa shape index (κ2) is 11.3. The second-order valence-electron chi connectivity index (χ2n) is 7.43. The van der Waals surface area contributed by atoms with Gasteiger partial charge in [0.1, 0.15) is 5.75 Å². The molecule has 1 aliphatic rings. The highest BCUT2D eigenvalue weighted by atomic mass is 16.5. The molecule has 0 unspecified atom stereocenters. The average molecular weight is 404 g/mol. The van der Waals surface area contributed by atoms with E-state index in [1.807, 2.05) is 24.3 Å². The van der Waals surface area contributed by atoms with Crippen molar-refractivity contribution in [3.8, 4) is 5.75 Å². The van der Waals surface area contributed by atoms with Gasteiger partial charge in [0.2, 0.25) is 5.91 Å². The molecule has 1 saturated heterocycles. The Bertz CT molecular complexity index is 712.